The molecule has 2 aromatic carbocycles. The fourth-order valence-electron chi connectivity index (χ4n) is 1.71. The third-order valence-corrected chi connectivity index (χ3v) is 3.02. The largest absolute Gasteiger partial charge is 0.495 e. The van der Waals surface area contributed by atoms with Crippen LogP contribution in [0, 0.1) is 0 Å². The second kappa shape index (κ2) is 6.30. The van der Waals surface area contributed by atoms with Crippen LogP contribution < -0.4 is 9.47 Å². The first-order valence-electron chi connectivity index (χ1n) is 5.89. The topological polar surface area (TPSA) is 55.8 Å². The van der Waals surface area contributed by atoms with Gasteiger partial charge in [0.05, 0.1) is 12.1 Å². The van der Waals surface area contributed by atoms with Crippen LogP contribution in [0.3, 0.4) is 0 Å². The van der Waals surface area contributed by atoms with E-state index in [9.17, 15) is 9.90 Å². The molecule has 5 heteroatoms. The zero-order valence-corrected chi connectivity index (χ0v) is 11.6. The molecule has 0 spiro atoms. The Balaban J connectivity index is 2.27. The van der Waals surface area contributed by atoms with Gasteiger partial charge in [-0.05, 0) is 11.6 Å². The number of carbonyl (C=O) groups is 1. The van der Waals surface area contributed by atoms with Crippen molar-refractivity contribution in [2.75, 3.05) is 7.11 Å². The molecule has 0 heterocycles. The Labute approximate surface area is 121 Å². The maximum atomic E-state index is 11.2. The normalized spacial score (nSPS) is 10.1. The summed E-state index contributed by atoms with van der Waals surface area (Å²) < 4.78 is 10.6. The SMILES string of the molecule is COc1cc(OCc2ccccc2)c(C(=O)O)cc1Cl. The molecule has 0 aliphatic heterocycles. The molecular weight excluding hydrogens is 280 g/mol. The molecule has 0 aliphatic rings. The summed E-state index contributed by atoms with van der Waals surface area (Å²) in [4.78, 5) is 11.2. The van der Waals surface area contributed by atoms with Gasteiger partial charge in [0, 0.05) is 6.07 Å². The van der Waals surface area contributed by atoms with Crippen LogP contribution in [0.5, 0.6) is 11.5 Å². The molecule has 0 saturated heterocycles. The van der Waals surface area contributed by atoms with E-state index in [1.54, 1.807) is 0 Å². The summed E-state index contributed by atoms with van der Waals surface area (Å²) in [6.07, 6.45) is 0. The number of methoxy groups -OCH3 is 1. The van der Waals surface area contributed by atoms with E-state index in [2.05, 4.69) is 0 Å². The van der Waals surface area contributed by atoms with Crippen LogP contribution >= 0.6 is 11.6 Å². The van der Waals surface area contributed by atoms with Crippen LogP contribution in [-0.4, -0.2) is 18.2 Å². The summed E-state index contributed by atoms with van der Waals surface area (Å²) >= 11 is 5.92. The van der Waals surface area contributed by atoms with E-state index in [1.165, 1.54) is 19.2 Å². The van der Waals surface area contributed by atoms with Gasteiger partial charge in [0.2, 0.25) is 0 Å². The van der Waals surface area contributed by atoms with Gasteiger partial charge in [-0.2, -0.15) is 0 Å². The minimum Gasteiger partial charge on any atom is -0.495 e. The Hall–Kier alpha value is -2.20. The van der Waals surface area contributed by atoms with E-state index in [1.807, 2.05) is 30.3 Å². The van der Waals surface area contributed by atoms with Gasteiger partial charge < -0.3 is 14.6 Å². The van der Waals surface area contributed by atoms with Crippen LogP contribution in [0.15, 0.2) is 42.5 Å². The van der Waals surface area contributed by atoms with Crippen LogP contribution in [0.25, 0.3) is 0 Å². The van der Waals surface area contributed by atoms with E-state index in [-0.39, 0.29) is 22.9 Å². The van der Waals surface area contributed by atoms with Gasteiger partial charge in [0.15, 0.2) is 0 Å². The van der Waals surface area contributed by atoms with Gasteiger partial charge >= 0.3 is 5.97 Å². The van der Waals surface area contributed by atoms with Gasteiger partial charge in [-0.3, -0.25) is 0 Å². The molecule has 20 heavy (non-hydrogen) atoms. The summed E-state index contributed by atoms with van der Waals surface area (Å²) in [7, 11) is 1.46. The second-order valence-corrected chi connectivity index (χ2v) is 4.47. The molecule has 0 atom stereocenters. The lowest BCUT2D eigenvalue weighted by molar-refractivity contribution is 0.0691. The fraction of sp³-hybridized carbons (Fsp3) is 0.133. The zero-order chi connectivity index (χ0) is 14.5. The van der Waals surface area contributed by atoms with Gasteiger partial charge in [-0.25, -0.2) is 4.79 Å². The van der Waals surface area contributed by atoms with Crippen molar-refractivity contribution >= 4 is 17.6 Å². The fourth-order valence-corrected chi connectivity index (χ4v) is 1.95. The van der Waals surface area contributed by atoms with Crippen molar-refractivity contribution in [2.45, 2.75) is 6.61 Å². The van der Waals surface area contributed by atoms with Crippen LogP contribution in [0.4, 0.5) is 0 Å². The molecule has 0 bridgehead atoms. The van der Waals surface area contributed by atoms with E-state index < -0.39 is 5.97 Å². The molecule has 0 radical (unpaired) electrons. The number of hydrogen-bond donors (Lipinski definition) is 1. The molecule has 2 rings (SSSR count). The summed E-state index contributed by atoms with van der Waals surface area (Å²) in [6, 6.07) is 12.3. The average molecular weight is 293 g/mol. The van der Waals surface area contributed by atoms with Crippen molar-refractivity contribution < 1.29 is 19.4 Å². The lowest BCUT2D eigenvalue weighted by Gasteiger charge is -2.12. The number of carboxylic acids is 1. The average Bonchev–Trinajstić information content (AvgIpc) is 2.46. The molecule has 0 saturated carbocycles. The quantitative estimate of drug-likeness (QED) is 0.914. The van der Waals surface area contributed by atoms with Crippen molar-refractivity contribution in [1.29, 1.82) is 0 Å². The van der Waals surface area contributed by atoms with Gasteiger partial charge in [0.1, 0.15) is 23.7 Å². The number of hydrogen-bond acceptors (Lipinski definition) is 3. The van der Waals surface area contributed by atoms with Gasteiger partial charge in [-0.15, -0.1) is 0 Å². The summed E-state index contributed by atoms with van der Waals surface area (Å²) in [5.74, 6) is -0.500. The van der Waals surface area contributed by atoms with Crippen LogP contribution in [-0.2, 0) is 6.61 Å². The number of rotatable bonds is 5. The number of halogens is 1. The van der Waals surface area contributed by atoms with Crippen molar-refractivity contribution in [3.05, 3.63) is 58.6 Å². The lowest BCUT2D eigenvalue weighted by atomic mass is 10.2. The highest BCUT2D eigenvalue weighted by Crippen LogP contribution is 2.33. The lowest BCUT2D eigenvalue weighted by Crippen LogP contribution is -2.04. The summed E-state index contributed by atoms with van der Waals surface area (Å²) in [5.41, 5.74) is 0.949. The van der Waals surface area contributed by atoms with E-state index in [4.69, 9.17) is 21.1 Å². The van der Waals surface area contributed by atoms with Crippen molar-refractivity contribution in [2.24, 2.45) is 0 Å². The smallest absolute Gasteiger partial charge is 0.339 e. The molecule has 104 valence electrons. The van der Waals surface area contributed by atoms with Crippen molar-refractivity contribution in [1.82, 2.24) is 0 Å². The third kappa shape index (κ3) is 3.22. The Bertz CT molecular complexity index is 611. The molecule has 1 N–H and O–H groups in total. The van der Waals surface area contributed by atoms with E-state index in [0.29, 0.717) is 5.75 Å². The van der Waals surface area contributed by atoms with E-state index in [0.717, 1.165) is 5.56 Å². The molecule has 4 nitrogen and oxygen atoms in total. The minimum absolute atomic E-state index is 0.00623. The maximum absolute atomic E-state index is 11.2. The monoisotopic (exact) mass is 292 g/mol. The summed E-state index contributed by atoms with van der Waals surface area (Å²) in [5, 5.41) is 9.40. The Morgan fingerprint density at radius 2 is 1.90 bits per heavy atom. The molecule has 0 aromatic heterocycles. The Morgan fingerprint density at radius 3 is 2.50 bits per heavy atom. The standard InChI is InChI=1S/C15H13ClO4/c1-19-14-8-13(11(15(17)18)7-12(14)16)20-9-10-5-3-2-4-6-10/h2-8H,9H2,1H3,(H,17,18). The molecule has 2 aromatic rings. The second-order valence-electron chi connectivity index (χ2n) is 4.06. The third-order valence-electron chi connectivity index (χ3n) is 2.72. The molecule has 0 aliphatic carbocycles. The predicted octanol–water partition coefficient (Wildman–Crippen LogP) is 3.63. The van der Waals surface area contributed by atoms with Crippen molar-refractivity contribution in [3.8, 4) is 11.5 Å². The molecular formula is C15H13ClO4. The van der Waals surface area contributed by atoms with Crippen LogP contribution in [0.1, 0.15) is 15.9 Å². The number of carboxylic acid groups (broad SMARTS) is 1. The Morgan fingerprint density at radius 1 is 1.20 bits per heavy atom. The Kier molecular flexibility index (Phi) is 4.48. The van der Waals surface area contributed by atoms with Gasteiger partial charge in [-0.1, -0.05) is 41.9 Å². The first-order valence-corrected chi connectivity index (χ1v) is 6.27. The molecule has 0 unspecified atom stereocenters. The minimum atomic E-state index is -1.10. The maximum Gasteiger partial charge on any atom is 0.339 e. The summed E-state index contributed by atoms with van der Waals surface area (Å²) in [6.45, 7) is 0.270. The van der Waals surface area contributed by atoms with Crippen LogP contribution in [0.2, 0.25) is 5.02 Å². The molecule has 0 amide bonds. The van der Waals surface area contributed by atoms with Crippen molar-refractivity contribution in [3.63, 3.8) is 0 Å². The number of benzene rings is 2. The number of ether oxygens (including phenoxy) is 2. The highest BCUT2D eigenvalue weighted by Gasteiger charge is 2.16. The first-order chi connectivity index (χ1) is 9.61. The zero-order valence-electron chi connectivity index (χ0n) is 10.8. The highest BCUT2D eigenvalue weighted by atomic mass is 35.5. The highest BCUT2D eigenvalue weighted by molar-refractivity contribution is 6.32. The molecule has 0 fully saturated rings. The van der Waals surface area contributed by atoms with E-state index >= 15 is 0 Å². The number of aromatic carboxylic acids is 1. The first kappa shape index (κ1) is 14.2. The van der Waals surface area contributed by atoms with Gasteiger partial charge in [0.25, 0.3) is 0 Å². The predicted molar refractivity (Wildman–Crippen MR) is 75.7 cm³/mol.